The van der Waals surface area contributed by atoms with E-state index in [9.17, 15) is 9.50 Å². The normalized spacial score (nSPS) is 11.1. The largest absolute Gasteiger partial charge is 0.507 e. The Morgan fingerprint density at radius 2 is 1.76 bits per heavy atom. The van der Waals surface area contributed by atoms with Crippen LogP contribution in [0.2, 0.25) is 0 Å². The van der Waals surface area contributed by atoms with Crippen LogP contribution in [0.4, 0.5) is 4.39 Å². The van der Waals surface area contributed by atoms with Crippen molar-refractivity contribution in [3.63, 3.8) is 0 Å². The molecule has 3 rings (SSSR count). The molecule has 21 heavy (non-hydrogen) atoms. The fourth-order valence-electron chi connectivity index (χ4n) is 1.88. The van der Waals surface area contributed by atoms with Gasteiger partial charge in [-0.25, -0.2) is 9.37 Å². The minimum absolute atomic E-state index is 0.130. The average Bonchev–Trinajstić information content (AvgIpc) is 2.96. The van der Waals surface area contributed by atoms with Gasteiger partial charge in [-0.3, -0.25) is 5.10 Å². The number of aromatic amines is 1. The zero-order valence-electron chi connectivity index (χ0n) is 11.0. The summed E-state index contributed by atoms with van der Waals surface area (Å²) in [7, 11) is 0. The summed E-state index contributed by atoms with van der Waals surface area (Å²) >= 11 is 0. The van der Waals surface area contributed by atoms with Gasteiger partial charge in [0.25, 0.3) is 0 Å². The van der Waals surface area contributed by atoms with Crippen molar-refractivity contribution in [2.24, 2.45) is 0 Å². The van der Waals surface area contributed by atoms with Crippen LogP contribution in [0.3, 0.4) is 0 Å². The average molecular weight is 281 g/mol. The van der Waals surface area contributed by atoms with Crippen molar-refractivity contribution < 1.29 is 9.50 Å². The summed E-state index contributed by atoms with van der Waals surface area (Å²) in [6, 6.07) is 13.0. The van der Waals surface area contributed by atoms with E-state index in [0.717, 1.165) is 5.56 Å². The maximum absolute atomic E-state index is 12.8. The SMILES string of the molecule is Oc1ccccc1-c1n[nH]c(/C=C/c2ccc(F)cc2)n1. The molecule has 2 aromatic carbocycles. The number of nitrogens with zero attached hydrogens (tertiary/aromatic N) is 2. The van der Waals surface area contributed by atoms with Crippen LogP contribution >= 0.6 is 0 Å². The molecule has 0 spiro atoms. The van der Waals surface area contributed by atoms with Gasteiger partial charge in [0.2, 0.25) is 0 Å². The van der Waals surface area contributed by atoms with E-state index in [-0.39, 0.29) is 11.6 Å². The molecule has 0 unspecified atom stereocenters. The number of H-pyrrole nitrogens is 1. The molecule has 3 aromatic rings. The Bertz CT molecular complexity index is 778. The Morgan fingerprint density at radius 3 is 2.52 bits per heavy atom. The third-order valence-electron chi connectivity index (χ3n) is 2.95. The van der Waals surface area contributed by atoms with Crippen LogP contribution in [0.15, 0.2) is 48.5 Å². The van der Waals surface area contributed by atoms with Crippen molar-refractivity contribution in [2.75, 3.05) is 0 Å². The molecule has 0 radical (unpaired) electrons. The molecular formula is C16H12FN3O. The van der Waals surface area contributed by atoms with Gasteiger partial charge in [0.15, 0.2) is 5.82 Å². The van der Waals surface area contributed by atoms with E-state index in [1.807, 2.05) is 0 Å². The highest BCUT2D eigenvalue weighted by Gasteiger charge is 2.08. The lowest BCUT2D eigenvalue weighted by atomic mass is 10.2. The van der Waals surface area contributed by atoms with Crippen molar-refractivity contribution in [3.05, 3.63) is 65.7 Å². The molecule has 0 fully saturated rings. The summed E-state index contributed by atoms with van der Waals surface area (Å²) in [5.74, 6) is 0.837. The van der Waals surface area contributed by atoms with Crippen LogP contribution in [0.5, 0.6) is 5.75 Å². The number of phenols is 1. The number of hydrogen-bond donors (Lipinski definition) is 2. The zero-order valence-corrected chi connectivity index (χ0v) is 11.0. The molecule has 1 heterocycles. The molecule has 0 saturated heterocycles. The third kappa shape index (κ3) is 2.97. The lowest BCUT2D eigenvalue weighted by Crippen LogP contribution is -1.81. The number of benzene rings is 2. The highest BCUT2D eigenvalue weighted by Crippen LogP contribution is 2.25. The molecule has 1 aromatic heterocycles. The van der Waals surface area contributed by atoms with Crippen molar-refractivity contribution in [1.82, 2.24) is 15.2 Å². The van der Waals surface area contributed by atoms with E-state index < -0.39 is 0 Å². The topological polar surface area (TPSA) is 61.8 Å². The number of halogens is 1. The van der Waals surface area contributed by atoms with E-state index in [1.165, 1.54) is 12.1 Å². The Kier molecular flexibility index (Phi) is 3.47. The summed E-state index contributed by atoms with van der Waals surface area (Å²) in [5.41, 5.74) is 1.42. The minimum Gasteiger partial charge on any atom is -0.507 e. The number of hydrogen-bond acceptors (Lipinski definition) is 3. The maximum atomic E-state index is 12.8. The lowest BCUT2D eigenvalue weighted by molar-refractivity contribution is 0.477. The highest BCUT2D eigenvalue weighted by molar-refractivity contribution is 5.68. The second kappa shape index (κ2) is 5.58. The number of nitrogens with one attached hydrogen (secondary N) is 1. The summed E-state index contributed by atoms with van der Waals surface area (Å²) in [5, 5.41) is 16.6. The molecule has 5 heteroatoms. The molecule has 2 N–H and O–H groups in total. The molecular weight excluding hydrogens is 269 g/mol. The summed E-state index contributed by atoms with van der Waals surface area (Å²) in [4.78, 5) is 4.29. The second-order valence-corrected chi connectivity index (χ2v) is 4.45. The number of phenolic OH excluding ortho intramolecular Hbond substituents is 1. The fourth-order valence-corrected chi connectivity index (χ4v) is 1.88. The van der Waals surface area contributed by atoms with Gasteiger partial charge in [-0.1, -0.05) is 30.3 Å². The Balaban J connectivity index is 1.82. The van der Waals surface area contributed by atoms with Crippen molar-refractivity contribution in [2.45, 2.75) is 0 Å². The number of aromatic nitrogens is 3. The van der Waals surface area contributed by atoms with E-state index >= 15 is 0 Å². The lowest BCUT2D eigenvalue weighted by Gasteiger charge is -1.97. The van der Waals surface area contributed by atoms with Crippen LogP contribution in [0.1, 0.15) is 11.4 Å². The molecule has 0 bridgehead atoms. The summed E-state index contributed by atoms with van der Waals surface area (Å²) < 4.78 is 12.8. The molecule has 4 nitrogen and oxygen atoms in total. The molecule has 0 atom stereocenters. The second-order valence-electron chi connectivity index (χ2n) is 4.45. The van der Waals surface area contributed by atoms with Crippen LogP contribution in [-0.4, -0.2) is 20.3 Å². The number of rotatable bonds is 3. The Labute approximate surface area is 120 Å². The maximum Gasteiger partial charge on any atom is 0.185 e. The summed E-state index contributed by atoms with van der Waals surface area (Å²) in [6.07, 6.45) is 3.54. The molecule has 0 amide bonds. The summed E-state index contributed by atoms with van der Waals surface area (Å²) in [6.45, 7) is 0. The van der Waals surface area contributed by atoms with E-state index in [4.69, 9.17) is 0 Å². The first-order chi connectivity index (χ1) is 10.2. The quantitative estimate of drug-likeness (QED) is 0.772. The number of aromatic hydroxyl groups is 1. The van der Waals surface area contributed by atoms with Crippen LogP contribution < -0.4 is 0 Å². The van der Waals surface area contributed by atoms with Gasteiger partial charge in [-0.15, -0.1) is 0 Å². The monoisotopic (exact) mass is 281 g/mol. The zero-order chi connectivity index (χ0) is 14.7. The molecule has 0 saturated carbocycles. The standard InChI is InChI=1S/C16H12FN3O/c17-12-8-5-11(6-9-12)7-10-15-18-16(20-19-15)13-3-1-2-4-14(13)21/h1-10,21H,(H,18,19,20)/b10-7+. The Morgan fingerprint density at radius 1 is 1.00 bits per heavy atom. The molecule has 104 valence electrons. The van der Waals surface area contributed by atoms with Crippen LogP contribution in [0, 0.1) is 5.82 Å². The van der Waals surface area contributed by atoms with E-state index in [1.54, 1.807) is 48.6 Å². The smallest absolute Gasteiger partial charge is 0.185 e. The predicted octanol–water partition coefficient (Wildman–Crippen LogP) is 3.49. The highest BCUT2D eigenvalue weighted by atomic mass is 19.1. The van der Waals surface area contributed by atoms with Gasteiger partial charge in [0.1, 0.15) is 17.4 Å². The van der Waals surface area contributed by atoms with Gasteiger partial charge in [0, 0.05) is 0 Å². The van der Waals surface area contributed by atoms with Crippen molar-refractivity contribution in [3.8, 4) is 17.1 Å². The minimum atomic E-state index is -0.270. The van der Waals surface area contributed by atoms with Gasteiger partial charge in [-0.2, -0.15) is 5.10 Å². The van der Waals surface area contributed by atoms with Crippen LogP contribution in [0.25, 0.3) is 23.5 Å². The van der Waals surface area contributed by atoms with Crippen molar-refractivity contribution >= 4 is 12.2 Å². The van der Waals surface area contributed by atoms with Crippen LogP contribution in [-0.2, 0) is 0 Å². The van der Waals surface area contributed by atoms with Gasteiger partial charge >= 0.3 is 0 Å². The van der Waals surface area contributed by atoms with E-state index in [2.05, 4.69) is 15.2 Å². The first-order valence-corrected chi connectivity index (χ1v) is 6.37. The molecule has 0 aliphatic carbocycles. The fraction of sp³-hybridized carbons (Fsp3) is 0. The Hall–Kier alpha value is -2.95. The van der Waals surface area contributed by atoms with E-state index in [0.29, 0.717) is 17.2 Å². The predicted molar refractivity (Wildman–Crippen MR) is 78.8 cm³/mol. The van der Waals surface area contributed by atoms with Gasteiger partial charge in [0.05, 0.1) is 5.56 Å². The van der Waals surface area contributed by atoms with Gasteiger partial charge < -0.3 is 5.11 Å². The molecule has 0 aliphatic heterocycles. The third-order valence-corrected chi connectivity index (χ3v) is 2.95. The van der Waals surface area contributed by atoms with Crippen molar-refractivity contribution in [1.29, 1.82) is 0 Å². The first-order valence-electron chi connectivity index (χ1n) is 6.37. The first kappa shape index (κ1) is 13.1. The molecule has 0 aliphatic rings. The number of para-hydroxylation sites is 1. The van der Waals surface area contributed by atoms with Gasteiger partial charge in [-0.05, 0) is 35.9 Å².